The summed E-state index contributed by atoms with van der Waals surface area (Å²) in [6, 6.07) is 12.4. The number of benzene rings is 2. The van der Waals surface area contributed by atoms with Crippen LogP contribution in [0.2, 0.25) is 5.02 Å². The molecule has 0 spiro atoms. The molecule has 1 aromatic heterocycles. The average molecular weight is 318 g/mol. The summed E-state index contributed by atoms with van der Waals surface area (Å²) >= 11 is 6.15. The summed E-state index contributed by atoms with van der Waals surface area (Å²) in [5.74, 6) is -1.70. The lowest BCUT2D eigenvalue weighted by Gasteiger charge is -2.08. The quantitative estimate of drug-likeness (QED) is 0.803. The minimum atomic E-state index is -1.24. The minimum Gasteiger partial charge on any atom is -0.476 e. The van der Waals surface area contributed by atoms with Crippen molar-refractivity contribution in [1.82, 2.24) is 15.0 Å². The molecule has 0 aliphatic heterocycles. The van der Waals surface area contributed by atoms with Gasteiger partial charge < -0.3 is 5.11 Å². The fourth-order valence-corrected chi connectivity index (χ4v) is 2.33. The zero-order valence-corrected chi connectivity index (χ0v) is 11.8. The maximum absolute atomic E-state index is 13.4. The maximum Gasteiger partial charge on any atom is 0.358 e. The Balaban J connectivity index is 2.29. The van der Waals surface area contributed by atoms with Crippen molar-refractivity contribution >= 4 is 17.6 Å². The van der Waals surface area contributed by atoms with E-state index >= 15 is 0 Å². The molecule has 22 heavy (non-hydrogen) atoms. The molecule has 110 valence electrons. The molecular weight excluding hydrogens is 309 g/mol. The maximum atomic E-state index is 13.4. The monoisotopic (exact) mass is 317 g/mol. The number of halogens is 2. The first-order chi connectivity index (χ1) is 10.6. The van der Waals surface area contributed by atoms with Gasteiger partial charge in [-0.2, -0.15) is 0 Å². The van der Waals surface area contributed by atoms with E-state index in [-0.39, 0.29) is 11.4 Å². The van der Waals surface area contributed by atoms with Crippen LogP contribution in [0, 0.1) is 5.82 Å². The number of carboxylic acid groups (broad SMARTS) is 1. The molecule has 3 rings (SSSR count). The first-order valence-corrected chi connectivity index (χ1v) is 6.65. The molecule has 0 saturated heterocycles. The van der Waals surface area contributed by atoms with E-state index in [0.29, 0.717) is 16.3 Å². The van der Waals surface area contributed by atoms with Crippen molar-refractivity contribution in [2.24, 2.45) is 0 Å². The standard InChI is InChI=1S/C15H9ClFN3O2/c16-12-7-2-1-6-11(12)14-13(15(21)22)18-19-20(14)10-5-3-4-9(17)8-10/h1-8H,(H,21,22). The predicted molar refractivity (Wildman–Crippen MR) is 78.7 cm³/mol. The van der Waals surface area contributed by atoms with Crippen LogP contribution in [0.1, 0.15) is 10.5 Å². The lowest BCUT2D eigenvalue weighted by atomic mass is 10.1. The second kappa shape index (κ2) is 5.57. The van der Waals surface area contributed by atoms with Gasteiger partial charge in [0.25, 0.3) is 0 Å². The zero-order chi connectivity index (χ0) is 15.7. The topological polar surface area (TPSA) is 68.0 Å². The third-order valence-corrected chi connectivity index (χ3v) is 3.38. The van der Waals surface area contributed by atoms with Gasteiger partial charge in [-0.05, 0) is 24.3 Å². The molecule has 0 aliphatic rings. The lowest BCUT2D eigenvalue weighted by molar-refractivity contribution is 0.0691. The molecule has 5 nitrogen and oxygen atoms in total. The third kappa shape index (κ3) is 2.44. The largest absolute Gasteiger partial charge is 0.476 e. The van der Waals surface area contributed by atoms with Crippen LogP contribution >= 0.6 is 11.6 Å². The molecule has 3 aromatic rings. The molecule has 0 fully saturated rings. The highest BCUT2D eigenvalue weighted by atomic mass is 35.5. The molecular formula is C15H9ClFN3O2. The summed E-state index contributed by atoms with van der Waals surface area (Å²) in [5.41, 5.74) is 0.756. The summed E-state index contributed by atoms with van der Waals surface area (Å²) in [6.45, 7) is 0. The van der Waals surface area contributed by atoms with E-state index in [1.807, 2.05) is 0 Å². The van der Waals surface area contributed by atoms with Gasteiger partial charge in [0.05, 0.1) is 10.7 Å². The van der Waals surface area contributed by atoms with Crippen molar-refractivity contribution in [2.75, 3.05) is 0 Å². The fraction of sp³-hybridized carbons (Fsp3) is 0. The van der Waals surface area contributed by atoms with Crippen LogP contribution in [0.4, 0.5) is 4.39 Å². The van der Waals surface area contributed by atoms with Crippen LogP contribution in [0.15, 0.2) is 48.5 Å². The smallest absolute Gasteiger partial charge is 0.358 e. The van der Waals surface area contributed by atoms with Crippen LogP contribution < -0.4 is 0 Å². The van der Waals surface area contributed by atoms with E-state index in [0.717, 1.165) is 0 Å². The Kier molecular flexibility index (Phi) is 3.60. The molecule has 2 aromatic carbocycles. The molecule has 0 saturated carbocycles. The molecule has 7 heteroatoms. The Morgan fingerprint density at radius 3 is 2.64 bits per heavy atom. The average Bonchev–Trinajstić information content (AvgIpc) is 2.92. The Morgan fingerprint density at radius 1 is 1.18 bits per heavy atom. The van der Waals surface area contributed by atoms with Gasteiger partial charge in [-0.15, -0.1) is 5.10 Å². The highest BCUT2D eigenvalue weighted by molar-refractivity contribution is 6.33. The number of aromatic carboxylic acids is 1. The zero-order valence-electron chi connectivity index (χ0n) is 11.1. The number of carboxylic acids is 1. The summed E-state index contributed by atoms with van der Waals surface area (Å²) in [7, 11) is 0. The normalized spacial score (nSPS) is 10.6. The van der Waals surface area contributed by atoms with Gasteiger partial charge in [0.1, 0.15) is 11.5 Å². The highest BCUT2D eigenvalue weighted by Crippen LogP contribution is 2.31. The van der Waals surface area contributed by atoms with E-state index in [4.69, 9.17) is 11.6 Å². The Labute approximate surface area is 129 Å². The first kappa shape index (κ1) is 14.2. The van der Waals surface area contributed by atoms with Gasteiger partial charge in [0.2, 0.25) is 0 Å². The number of rotatable bonds is 3. The Bertz CT molecular complexity index is 863. The van der Waals surface area contributed by atoms with Gasteiger partial charge in [-0.25, -0.2) is 13.9 Å². The second-order valence-electron chi connectivity index (χ2n) is 4.46. The molecule has 1 heterocycles. The molecule has 0 amide bonds. The van der Waals surface area contributed by atoms with E-state index < -0.39 is 11.8 Å². The van der Waals surface area contributed by atoms with Gasteiger partial charge >= 0.3 is 5.97 Å². The number of hydrogen-bond donors (Lipinski definition) is 1. The number of nitrogens with zero attached hydrogens (tertiary/aromatic N) is 3. The van der Waals surface area contributed by atoms with Gasteiger partial charge in [-0.1, -0.05) is 41.1 Å². The third-order valence-electron chi connectivity index (χ3n) is 3.05. The summed E-state index contributed by atoms with van der Waals surface area (Å²) < 4.78 is 14.7. The molecule has 0 aliphatic carbocycles. The van der Waals surface area contributed by atoms with Crippen LogP contribution in [-0.2, 0) is 0 Å². The van der Waals surface area contributed by atoms with Gasteiger partial charge in [-0.3, -0.25) is 0 Å². The van der Waals surface area contributed by atoms with Crippen molar-refractivity contribution in [2.45, 2.75) is 0 Å². The van der Waals surface area contributed by atoms with Gasteiger partial charge in [0, 0.05) is 5.56 Å². The summed E-state index contributed by atoms with van der Waals surface area (Å²) in [5, 5.41) is 17.1. The van der Waals surface area contributed by atoms with Crippen molar-refractivity contribution in [1.29, 1.82) is 0 Å². The lowest BCUT2D eigenvalue weighted by Crippen LogP contribution is -2.03. The van der Waals surface area contributed by atoms with E-state index in [2.05, 4.69) is 10.3 Å². The van der Waals surface area contributed by atoms with E-state index in [1.165, 1.54) is 22.9 Å². The van der Waals surface area contributed by atoms with Crippen LogP contribution in [-0.4, -0.2) is 26.1 Å². The van der Waals surface area contributed by atoms with Crippen molar-refractivity contribution < 1.29 is 14.3 Å². The van der Waals surface area contributed by atoms with Crippen molar-refractivity contribution in [3.05, 3.63) is 65.1 Å². The van der Waals surface area contributed by atoms with E-state index in [1.54, 1.807) is 30.3 Å². The SMILES string of the molecule is O=C(O)c1nnn(-c2cccc(F)c2)c1-c1ccccc1Cl. The van der Waals surface area contributed by atoms with Crippen LogP contribution in [0.3, 0.4) is 0 Å². The van der Waals surface area contributed by atoms with Crippen molar-refractivity contribution in [3.8, 4) is 16.9 Å². The summed E-state index contributed by atoms with van der Waals surface area (Å²) in [4.78, 5) is 11.4. The molecule has 0 radical (unpaired) electrons. The minimum absolute atomic E-state index is 0.198. The molecule has 0 unspecified atom stereocenters. The van der Waals surface area contributed by atoms with Crippen molar-refractivity contribution in [3.63, 3.8) is 0 Å². The Morgan fingerprint density at radius 2 is 1.95 bits per heavy atom. The highest BCUT2D eigenvalue weighted by Gasteiger charge is 2.23. The van der Waals surface area contributed by atoms with Crippen LogP contribution in [0.5, 0.6) is 0 Å². The molecule has 0 atom stereocenters. The fourth-order valence-electron chi connectivity index (χ4n) is 2.11. The number of aromatic nitrogens is 3. The second-order valence-corrected chi connectivity index (χ2v) is 4.87. The Hall–Kier alpha value is -2.73. The predicted octanol–water partition coefficient (Wildman–Crippen LogP) is 3.43. The molecule has 0 bridgehead atoms. The van der Waals surface area contributed by atoms with Crippen LogP contribution in [0.25, 0.3) is 16.9 Å². The van der Waals surface area contributed by atoms with Gasteiger partial charge in [0.15, 0.2) is 5.69 Å². The number of carbonyl (C=O) groups is 1. The first-order valence-electron chi connectivity index (χ1n) is 6.28. The number of hydrogen-bond acceptors (Lipinski definition) is 3. The molecule has 1 N–H and O–H groups in total. The van der Waals surface area contributed by atoms with E-state index in [9.17, 15) is 14.3 Å². The summed E-state index contributed by atoms with van der Waals surface area (Å²) in [6.07, 6.45) is 0.